The van der Waals surface area contributed by atoms with E-state index in [-0.39, 0.29) is 5.75 Å². The Labute approximate surface area is 82.3 Å². The van der Waals surface area contributed by atoms with Gasteiger partial charge < -0.3 is 4.74 Å². The Morgan fingerprint density at radius 1 is 1.33 bits per heavy atom. The highest BCUT2D eigenvalue weighted by Crippen LogP contribution is 2.24. The summed E-state index contributed by atoms with van der Waals surface area (Å²) >= 11 is 7.12. The monoisotopic (exact) mass is 254 g/mol. The fourth-order valence-electron chi connectivity index (χ4n) is 0.719. The van der Waals surface area contributed by atoms with Crippen molar-refractivity contribution in [3.05, 3.63) is 22.7 Å². The third kappa shape index (κ3) is 2.98. The highest BCUT2D eigenvalue weighted by molar-refractivity contribution is 9.10. The molecule has 0 atom stereocenters. The first-order valence-corrected chi connectivity index (χ1v) is 4.26. The summed E-state index contributed by atoms with van der Waals surface area (Å²) in [5, 5.41) is 0. The van der Waals surface area contributed by atoms with E-state index < -0.39 is 6.61 Å². The Bertz CT molecular complexity index is 260. The van der Waals surface area contributed by atoms with Gasteiger partial charge in [-0.3, -0.25) is 0 Å². The summed E-state index contributed by atoms with van der Waals surface area (Å²) in [6.45, 7) is -2.80. The quantitative estimate of drug-likeness (QED) is 0.797. The Morgan fingerprint density at radius 3 is 2.50 bits per heavy atom. The van der Waals surface area contributed by atoms with Gasteiger partial charge in [0, 0.05) is 9.37 Å². The third-order valence-corrected chi connectivity index (χ3v) is 1.80. The number of thiol groups is 1. The summed E-state index contributed by atoms with van der Waals surface area (Å²) in [6, 6.07) is 4.55. The molecule has 0 aliphatic carbocycles. The number of benzene rings is 1. The van der Waals surface area contributed by atoms with Crippen LogP contribution >= 0.6 is 28.6 Å². The molecule has 1 rings (SSSR count). The summed E-state index contributed by atoms with van der Waals surface area (Å²) in [5.41, 5.74) is 0. The van der Waals surface area contributed by atoms with E-state index in [1.807, 2.05) is 0 Å². The standard InChI is InChI=1S/C7H5BrF2OS/c8-4-1-5(11-7(9)10)3-6(12)2-4/h1-3,7,12H. The maximum Gasteiger partial charge on any atom is 0.387 e. The van der Waals surface area contributed by atoms with Crippen LogP contribution in [0, 0.1) is 0 Å². The van der Waals surface area contributed by atoms with Crippen LogP contribution in [0.25, 0.3) is 0 Å². The van der Waals surface area contributed by atoms with Crippen molar-refractivity contribution in [1.29, 1.82) is 0 Å². The van der Waals surface area contributed by atoms with Gasteiger partial charge in [0.15, 0.2) is 0 Å². The summed E-state index contributed by atoms with van der Waals surface area (Å²) < 4.78 is 28.3. The smallest absolute Gasteiger partial charge is 0.387 e. The zero-order valence-electron chi connectivity index (χ0n) is 5.80. The van der Waals surface area contributed by atoms with Crippen molar-refractivity contribution >= 4 is 28.6 Å². The first-order chi connectivity index (χ1) is 5.58. The highest BCUT2D eigenvalue weighted by atomic mass is 79.9. The number of rotatable bonds is 2. The maximum atomic E-state index is 11.7. The lowest BCUT2D eigenvalue weighted by atomic mass is 10.3. The SMILES string of the molecule is FC(F)Oc1cc(S)cc(Br)c1. The van der Waals surface area contributed by atoms with Gasteiger partial charge in [0.2, 0.25) is 0 Å². The van der Waals surface area contributed by atoms with E-state index in [2.05, 4.69) is 33.3 Å². The Hall–Kier alpha value is -0.290. The fraction of sp³-hybridized carbons (Fsp3) is 0.143. The molecule has 0 saturated carbocycles. The van der Waals surface area contributed by atoms with Crippen molar-refractivity contribution in [2.24, 2.45) is 0 Å². The van der Waals surface area contributed by atoms with Crippen molar-refractivity contribution in [3.8, 4) is 5.75 Å². The summed E-state index contributed by atoms with van der Waals surface area (Å²) in [4.78, 5) is 0.569. The predicted molar refractivity (Wildman–Crippen MR) is 48.0 cm³/mol. The van der Waals surface area contributed by atoms with Gasteiger partial charge in [-0.25, -0.2) is 0 Å². The molecule has 0 fully saturated rings. The Balaban J connectivity index is 2.85. The average Bonchev–Trinajstić information content (AvgIpc) is 1.81. The van der Waals surface area contributed by atoms with E-state index in [1.54, 1.807) is 6.07 Å². The molecule has 0 bridgehead atoms. The normalized spacial score (nSPS) is 10.4. The van der Waals surface area contributed by atoms with Gasteiger partial charge in [0.05, 0.1) is 0 Å². The van der Waals surface area contributed by atoms with E-state index in [4.69, 9.17) is 0 Å². The Kier molecular flexibility index (Phi) is 3.34. The second-order valence-electron chi connectivity index (χ2n) is 2.02. The van der Waals surface area contributed by atoms with Crippen molar-refractivity contribution in [1.82, 2.24) is 0 Å². The lowest BCUT2D eigenvalue weighted by Crippen LogP contribution is -2.01. The fourth-order valence-corrected chi connectivity index (χ4v) is 1.63. The van der Waals surface area contributed by atoms with Gasteiger partial charge in [-0.15, -0.1) is 12.6 Å². The van der Waals surface area contributed by atoms with E-state index in [1.165, 1.54) is 12.1 Å². The van der Waals surface area contributed by atoms with E-state index in [9.17, 15) is 8.78 Å². The second kappa shape index (κ2) is 4.09. The van der Waals surface area contributed by atoms with Crippen molar-refractivity contribution in [2.45, 2.75) is 11.5 Å². The van der Waals surface area contributed by atoms with E-state index in [0.717, 1.165) is 0 Å². The van der Waals surface area contributed by atoms with Crippen LogP contribution in [0.4, 0.5) is 8.78 Å². The van der Waals surface area contributed by atoms with Crippen LogP contribution in [0.1, 0.15) is 0 Å². The van der Waals surface area contributed by atoms with E-state index >= 15 is 0 Å². The molecule has 0 radical (unpaired) electrons. The molecule has 1 aromatic carbocycles. The second-order valence-corrected chi connectivity index (χ2v) is 3.46. The van der Waals surface area contributed by atoms with Crippen LogP contribution in [0.2, 0.25) is 0 Å². The van der Waals surface area contributed by atoms with Gasteiger partial charge in [-0.05, 0) is 18.2 Å². The van der Waals surface area contributed by atoms with Crippen molar-refractivity contribution < 1.29 is 13.5 Å². The number of halogens is 3. The van der Waals surface area contributed by atoms with Crippen LogP contribution in [0.5, 0.6) is 5.75 Å². The van der Waals surface area contributed by atoms with Gasteiger partial charge in [-0.1, -0.05) is 15.9 Å². The number of ether oxygens (including phenoxy) is 1. The molecule has 0 N–H and O–H groups in total. The highest BCUT2D eigenvalue weighted by Gasteiger charge is 2.04. The molecule has 0 aromatic heterocycles. The molecule has 0 saturated heterocycles. The number of hydrogen-bond acceptors (Lipinski definition) is 2. The summed E-state index contributed by atoms with van der Waals surface area (Å²) in [7, 11) is 0. The first kappa shape index (κ1) is 9.80. The minimum Gasteiger partial charge on any atom is -0.435 e. The first-order valence-electron chi connectivity index (χ1n) is 3.02. The molecule has 1 aromatic rings. The van der Waals surface area contributed by atoms with Gasteiger partial charge in [0.1, 0.15) is 5.75 Å². The zero-order chi connectivity index (χ0) is 9.14. The van der Waals surface area contributed by atoms with Crippen LogP contribution in [0.15, 0.2) is 27.6 Å². The molecule has 66 valence electrons. The van der Waals surface area contributed by atoms with Crippen molar-refractivity contribution in [3.63, 3.8) is 0 Å². The summed E-state index contributed by atoms with van der Waals surface area (Å²) in [5.74, 6) is 0.101. The minimum atomic E-state index is -2.80. The molecule has 12 heavy (non-hydrogen) atoms. The Morgan fingerprint density at radius 2 is 2.00 bits per heavy atom. The van der Waals surface area contributed by atoms with Crippen LogP contribution < -0.4 is 4.74 Å². The predicted octanol–water partition coefficient (Wildman–Crippen LogP) is 3.34. The molecule has 5 heteroatoms. The molecule has 0 aliphatic heterocycles. The zero-order valence-corrected chi connectivity index (χ0v) is 8.28. The lowest BCUT2D eigenvalue weighted by Gasteiger charge is -2.04. The van der Waals surface area contributed by atoms with Crippen molar-refractivity contribution in [2.75, 3.05) is 0 Å². The maximum absolute atomic E-state index is 11.7. The largest absolute Gasteiger partial charge is 0.435 e. The molecule has 0 amide bonds. The molecular weight excluding hydrogens is 250 g/mol. The van der Waals surface area contributed by atoms with Crippen LogP contribution in [-0.4, -0.2) is 6.61 Å². The number of hydrogen-bond donors (Lipinski definition) is 1. The molecule has 0 aliphatic rings. The minimum absolute atomic E-state index is 0.101. The molecule has 0 heterocycles. The summed E-state index contributed by atoms with van der Waals surface area (Å²) in [6.07, 6.45) is 0. The topological polar surface area (TPSA) is 9.23 Å². The molecule has 0 spiro atoms. The van der Waals surface area contributed by atoms with Gasteiger partial charge in [0.25, 0.3) is 0 Å². The number of alkyl halides is 2. The molecular formula is C7H5BrF2OS. The van der Waals surface area contributed by atoms with Gasteiger partial charge >= 0.3 is 6.61 Å². The van der Waals surface area contributed by atoms with Crippen LogP contribution in [0.3, 0.4) is 0 Å². The average molecular weight is 255 g/mol. The van der Waals surface area contributed by atoms with E-state index in [0.29, 0.717) is 9.37 Å². The van der Waals surface area contributed by atoms with Crippen LogP contribution in [-0.2, 0) is 0 Å². The molecule has 0 unspecified atom stereocenters. The van der Waals surface area contributed by atoms with Gasteiger partial charge in [-0.2, -0.15) is 8.78 Å². The molecule has 1 nitrogen and oxygen atoms in total. The lowest BCUT2D eigenvalue weighted by molar-refractivity contribution is -0.0500. The third-order valence-electron chi connectivity index (χ3n) is 1.08.